The van der Waals surface area contributed by atoms with Crippen molar-refractivity contribution < 1.29 is 23.4 Å². The molecule has 0 saturated heterocycles. The molecule has 7 heteroatoms. The molecule has 33 heavy (non-hydrogen) atoms. The zero-order chi connectivity index (χ0) is 23.6. The summed E-state index contributed by atoms with van der Waals surface area (Å²) in [5.74, 6) is 1.64. The topological polar surface area (TPSA) is 87.0 Å². The van der Waals surface area contributed by atoms with Gasteiger partial charge in [0.15, 0.2) is 6.61 Å². The Morgan fingerprint density at radius 3 is 2.76 bits per heavy atom. The molecule has 0 radical (unpaired) electrons. The van der Waals surface area contributed by atoms with Gasteiger partial charge in [0.1, 0.15) is 28.4 Å². The lowest BCUT2D eigenvalue weighted by atomic mass is 9.92. The van der Waals surface area contributed by atoms with Crippen LogP contribution in [0.3, 0.4) is 0 Å². The fourth-order valence-corrected chi connectivity index (χ4v) is 4.17. The molecule has 0 bridgehead atoms. The molecule has 0 fully saturated rings. The van der Waals surface area contributed by atoms with E-state index in [0.717, 1.165) is 35.3 Å². The van der Waals surface area contributed by atoms with E-state index in [1.54, 1.807) is 13.2 Å². The Morgan fingerprint density at radius 1 is 1.18 bits per heavy atom. The van der Waals surface area contributed by atoms with Crippen LogP contribution in [0.2, 0.25) is 0 Å². The lowest BCUT2D eigenvalue weighted by Crippen LogP contribution is -2.33. The van der Waals surface area contributed by atoms with Crippen molar-refractivity contribution in [2.75, 3.05) is 20.3 Å². The number of hydrogen-bond donors (Lipinski definition) is 1. The number of methoxy groups -OCH3 is 1. The predicted molar refractivity (Wildman–Crippen MR) is 125 cm³/mol. The standard InChI is InChI=1S/C26H29NO6/c1-16-13-23(29)32-25-18-9-11-26(2,3)33-20(18)14-21(24(16)25)31-15-22(28)27-12-10-17-7-5-6-8-19(17)30-4/h5-8,13-14H,9-12,15H2,1-4H3,(H,27,28). The third-order valence-electron chi connectivity index (χ3n) is 5.87. The zero-order valence-corrected chi connectivity index (χ0v) is 19.4. The van der Waals surface area contributed by atoms with E-state index < -0.39 is 5.63 Å². The van der Waals surface area contributed by atoms with Crippen LogP contribution in [-0.4, -0.2) is 31.8 Å². The number of nitrogens with one attached hydrogen (secondary N) is 1. The lowest BCUT2D eigenvalue weighted by molar-refractivity contribution is -0.123. The molecular formula is C26H29NO6. The van der Waals surface area contributed by atoms with Crippen molar-refractivity contribution in [1.29, 1.82) is 0 Å². The van der Waals surface area contributed by atoms with Crippen LogP contribution in [0, 0.1) is 6.92 Å². The molecule has 1 aromatic heterocycles. The SMILES string of the molecule is COc1ccccc1CCNC(=O)COc1cc2c(c3oc(=O)cc(C)c13)CCC(C)(C)O2. The van der Waals surface area contributed by atoms with E-state index in [-0.39, 0.29) is 18.1 Å². The van der Waals surface area contributed by atoms with Gasteiger partial charge in [-0.1, -0.05) is 18.2 Å². The molecule has 0 unspecified atom stereocenters. The smallest absolute Gasteiger partial charge is 0.336 e. The third kappa shape index (κ3) is 4.97. The first-order valence-electron chi connectivity index (χ1n) is 11.1. The normalized spacial score (nSPS) is 14.3. The highest BCUT2D eigenvalue weighted by Gasteiger charge is 2.30. The van der Waals surface area contributed by atoms with Gasteiger partial charge >= 0.3 is 5.63 Å². The molecular weight excluding hydrogens is 422 g/mol. The summed E-state index contributed by atoms with van der Waals surface area (Å²) in [6.45, 7) is 6.16. The average molecular weight is 452 g/mol. The number of fused-ring (bicyclic) bond motifs is 3. The third-order valence-corrected chi connectivity index (χ3v) is 5.87. The van der Waals surface area contributed by atoms with Crippen molar-refractivity contribution >= 4 is 16.9 Å². The van der Waals surface area contributed by atoms with E-state index in [1.807, 2.05) is 45.0 Å². The second kappa shape index (κ2) is 9.17. The van der Waals surface area contributed by atoms with Crippen LogP contribution in [0.25, 0.3) is 11.0 Å². The highest BCUT2D eigenvalue weighted by Crippen LogP contribution is 2.42. The van der Waals surface area contributed by atoms with E-state index in [2.05, 4.69) is 5.32 Å². The Kier molecular flexibility index (Phi) is 6.31. The van der Waals surface area contributed by atoms with E-state index in [9.17, 15) is 9.59 Å². The maximum atomic E-state index is 12.5. The van der Waals surface area contributed by atoms with Gasteiger partial charge < -0.3 is 23.9 Å². The molecule has 1 amide bonds. The summed E-state index contributed by atoms with van der Waals surface area (Å²) in [6, 6.07) is 10.9. The number of carbonyl (C=O) groups excluding carboxylic acids is 1. The monoisotopic (exact) mass is 451 g/mol. The Labute approximate surface area is 192 Å². The minimum Gasteiger partial charge on any atom is -0.496 e. The number of amides is 1. The van der Waals surface area contributed by atoms with E-state index in [4.69, 9.17) is 18.6 Å². The zero-order valence-electron chi connectivity index (χ0n) is 19.4. The Morgan fingerprint density at radius 2 is 1.97 bits per heavy atom. The summed E-state index contributed by atoms with van der Waals surface area (Å²) in [4.78, 5) is 24.5. The first-order valence-corrected chi connectivity index (χ1v) is 11.1. The number of para-hydroxylation sites is 1. The number of rotatable bonds is 7. The van der Waals surface area contributed by atoms with Gasteiger partial charge in [-0.05, 0) is 57.2 Å². The fourth-order valence-electron chi connectivity index (χ4n) is 4.17. The Hall–Kier alpha value is -3.48. The predicted octanol–water partition coefficient (Wildman–Crippen LogP) is 3.95. The first-order chi connectivity index (χ1) is 15.8. The van der Waals surface area contributed by atoms with Crippen LogP contribution in [0.5, 0.6) is 17.2 Å². The Bertz CT molecular complexity index is 1240. The van der Waals surface area contributed by atoms with Gasteiger partial charge in [0.05, 0.1) is 12.5 Å². The molecule has 1 aliphatic heterocycles. The highest BCUT2D eigenvalue weighted by atomic mass is 16.5. The lowest BCUT2D eigenvalue weighted by Gasteiger charge is -2.33. The molecule has 4 rings (SSSR count). The minimum absolute atomic E-state index is 0.165. The van der Waals surface area contributed by atoms with Gasteiger partial charge in [0.25, 0.3) is 5.91 Å². The molecule has 7 nitrogen and oxygen atoms in total. The number of aryl methyl sites for hydroxylation is 2. The van der Waals surface area contributed by atoms with Gasteiger partial charge in [-0.2, -0.15) is 0 Å². The van der Waals surface area contributed by atoms with Crippen molar-refractivity contribution in [2.45, 2.75) is 45.6 Å². The minimum atomic E-state index is -0.418. The molecule has 2 aromatic carbocycles. The van der Waals surface area contributed by atoms with Crippen molar-refractivity contribution in [3.8, 4) is 17.2 Å². The van der Waals surface area contributed by atoms with Gasteiger partial charge in [-0.25, -0.2) is 4.79 Å². The number of ether oxygens (including phenoxy) is 3. The maximum Gasteiger partial charge on any atom is 0.336 e. The molecule has 1 aliphatic rings. The van der Waals surface area contributed by atoms with Gasteiger partial charge in [0, 0.05) is 24.2 Å². The average Bonchev–Trinajstić information content (AvgIpc) is 2.76. The summed E-state index contributed by atoms with van der Waals surface area (Å²) < 4.78 is 23.0. The van der Waals surface area contributed by atoms with E-state index in [1.165, 1.54) is 6.07 Å². The van der Waals surface area contributed by atoms with Crippen LogP contribution in [-0.2, 0) is 17.6 Å². The quantitative estimate of drug-likeness (QED) is 0.548. The van der Waals surface area contributed by atoms with Gasteiger partial charge in [-0.3, -0.25) is 4.79 Å². The van der Waals surface area contributed by atoms with Crippen LogP contribution in [0.15, 0.2) is 45.6 Å². The van der Waals surface area contributed by atoms with E-state index in [0.29, 0.717) is 35.4 Å². The molecule has 174 valence electrons. The number of benzene rings is 2. The van der Waals surface area contributed by atoms with Crippen LogP contribution < -0.4 is 25.2 Å². The molecule has 2 heterocycles. The summed E-state index contributed by atoms with van der Waals surface area (Å²) in [5.41, 5.74) is 2.34. The van der Waals surface area contributed by atoms with Gasteiger partial charge in [0.2, 0.25) is 0 Å². The second-order valence-electron chi connectivity index (χ2n) is 8.87. The molecule has 0 atom stereocenters. The maximum absolute atomic E-state index is 12.5. The van der Waals surface area contributed by atoms with Crippen molar-refractivity contribution in [3.63, 3.8) is 0 Å². The molecule has 1 N–H and O–H groups in total. The summed E-state index contributed by atoms with van der Waals surface area (Å²) >= 11 is 0. The summed E-state index contributed by atoms with van der Waals surface area (Å²) in [5, 5.41) is 3.57. The molecule has 3 aromatic rings. The molecule has 0 aliphatic carbocycles. The molecule has 0 saturated carbocycles. The molecule has 0 spiro atoms. The second-order valence-corrected chi connectivity index (χ2v) is 8.87. The van der Waals surface area contributed by atoms with Crippen molar-refractivity contribution in [1.82, 2.24) is 5.32 Å². The largest absolute Gasteiger partial charge is 0.496 e. The Balaban J connectivity index is 1.50. The number of hydrogen-bond acceptors (Lipinski definition) is 6. The van der Waals surface area contributed by atoms with Crippen LogP contribution >= 0.6 is 0 Å². The number of carbonyl (C=O) groups is 1. The highest BCUT2D eigenvalue weighted by molar-refractivity contribution is 5.91. The van der Waals surface area contributed by atoms with E-state index >= 15 is 0 Å². The van der Waals surface area contributed by atoms with Gasteiger partial charge in [-0.15, -0.1) is 0 Å². The first kappa shape index (κ1) is 22.7. The van der Waals surface area contributed by atoms with Crippen molar-refractivity contribution in [3.05, 3.63) is 63.5 Å². The van der Waals surface area contributed by atoms with Crippen molar-refractivity contribution in [2.24, 2.45) is 0 Å². The van der Waals surface area contributed by atoms with Crippen LogP contribution in [0.4, 0.5) is 0 Å². The summed E-state index contributed by atoms with van der Waals surface area (Å²) in [7, 11) is 1.63. The fraction of sp³-hybridized carbons (Fsp3) is 0.385. The summed E-state index contributed by atoms with van der Waals surface area (Å²) in [6.07, 6.45) is 2.18. The van der Waals surface area contributed by atoms with Crippen LogP contribution in [0.1, 0.15) is 37.0 Å².